The molecule has 0 radical (unpaired) electrons. The molecule has 1 spiro atoms. The maximum atomic E-state index is 14.8. The monoisotopic (exact) mass is 586 g/mol. The number of non-ortho nitro benzene ring substituents is 1. The third-order valence-electron chi connectivity index (χ3n) is 9.12. The second-order valence-corrected chi connectivity index (χ2v) is 11.0. The third kappa shape index (κ3) is 3.62. The predicted molar refractivity (Wildman–Crippen MR) is 163 cm³/mol. The minimum absolute atomic E-state index is 0.156. The summed E-state index contributed by atoms with van der Waals surface area (Å²) in [5.74, 6) is -1.29. The van der Waals surface area contributed by atoms with Crippen molar-refractivity contribution >= 4 is 34.8 Å². The maximum Gasteiger partial charge on any atom is 0.269 e. The number of anilines is 1. The van der Waals surface area contributed by atoms with Gasteiger partial charge in [0, 0.05) is 46.0 Å². The van der Waals surface area contributed by atoms with Crippen molar-refractivity contribution < 1.29 is 28.8 Å². The third-order valence-corrected chi connectivity index (χ3v) is 9.12. The number of hydrogen-bond acceptors (Lipinski definition) is 8. The Balaban J connectivity index is 1.56. The number of carbonyl (C=O) groups excluding carboxylic acids is 3. The predicted octanol–water partition coefficient (Wildman–Crippen LogP) is 5.93. The molecule has 0 saturated carbocycles. The summed E-state index contributed by atoms with van der Waals surface area (Å²) in [6.07, 6.45) is 3.73. The van der Waals surface area contributed by atoms with Gasteiger partial charge in [-0.1, -0.05) is 54.6 Å². The number of methoxy groups -OCH3 is 2. The van der Waals surface area contributed by atoms with E-state index in [1.807, 2.05) is 41.3 Å². The normalized spacial score (nSPS) is 20.7. The second kappa shape index (κ2) is 10.0. The Kier molecular flexibility index (Phi) is 6.21. The Morgan fingerprint density at radius 2 is 1.52 bits per heavy atom. The lowest BCUT2D eigenvalue weighted by molar-refractivity contribution is -0.384. The number of ether oxygens (including phenoxy) is 2. The van der Waals surface area contributed by atoms with Crippen LogP contribution in [0.4, 0.5) is 11.4 Å². The zero-order valence-corrected chi connectivity index (χ0v) is 23.8. The van der Waals surface area contributed by atoms with Crippen LogP contribution in [0.15, 0.2) is 97.1 Å². The summed E-state index contributed by atoms with van der Waals surface area (Å²) in [5.41, 5.74) is 0.937. The first-order valence-electron chi connectivity index (χ1n) is 14.1. The molecule has 2 heterocycles. The molecule has 1 fully saturated rings. The fourth-order valence-electron chi connectivity index (χ4n) is 7.26. The van der Waals surface area contributed by atoms with Gasteiger partial charge < -0.3 is 14.4 Å². The smallest absolute Gasteiger partial charge is 0.269 e. The van der Waals surface area contributed by atoms with Gasteiger partial charge in [0.1, 0.15) is 23.0 Å². The van der Waals surface area contributed by atoms with E-state index in [0.717, 1.165) is 5.56 Å². The van der Waals surface area contributed by atoms with Gasteiger partial charge in [-0.25, -0.2) is 0 Å². The number of carbonyl (C=O) groups is 3. The van der Waals surface area contributed by atoms with Gasteiger partial charge in [-0.15, -0.1) is 0 Å². The van der Waals surface area contributed by atoms with Crippen molar-refractivity contribution in [1.82, 2.24) is 0 Å². The second-order valence-electron chi connectivity index (χ2n) is 11.0. The van der Waals surface area contributed by atoms with Crippen molar-refractivity contribution in [3.05, 3.63) is 135 Å². The first-order valence-corrected chi connectivity index (χ1v) is 14.1. The van der Waals surface area contributed by atoms with Crippen molar-refractivity contribution in [2.45, 2.75) is 18.0 Å². The lowest BCUT2D eigenvalue weighted by Gasteiger charge is -2.37. The van der Waals surface area contributed by atoms with E-state index in [1.54, 1.807) is 42.5 Å². The number of nitro groups is 1. The van der Waals surface area contributed by atoms with E-state index in [0.29, 0.717) is 33.9 Å². The molecule has 218 valence electrons. The first-order chi connectivity index (χ1) is 21.3. The highest BCUT2D eigenvalue weighted by atomic mass is 16.6. The molecule has 4 aromatic carbocycles. The van der Waals surface area contributed by atoms with Crippen LogP contribution in [0.1, 0.15) is 48.1 Å². The molecule has 9 nitrogen and oxygen atoms in total. The van der Waals surface area contributed by atoms with E-state index >= 15 is 0 Å². The summed E-state index contributed by atoms with van der Waals surface area (Å²) in [5, 5.41) is 11.4. The summed E-state index contributed by atoms with van der Waals surface area (Å²) >= 11 is 0. The maximum absolute atomic E-state index is 14.8. The van der Waals surface area contributed by atoms with Crippen LogP contribution in [0.3, 0.4) is 0 Å². The van der Waals surface area contributed by atoms with Crippen LogP contribution in [0.25, 0.3) is 6.08 Å². The largest absolute Gasteiger partial charge is 0.497 e. The van der Waals surface area contributed by atoms with Gasteiger partial charge in [-0.05, 0) is 42.0 Å². The highest BCUT2D eigenvalue weighted by molar-refractivity contribution is 6.32. The number of nitrogens with zero attached hydrogens (tertiary/aromatic N) is 2. The Morgan fingerprint density at radius 3 is 2.16 bits per heavy atom. The standard InChI is InChI=1S/C35H26N2O7/c1-43-23-16-17-28(44-2)26(19-23)30-31(32(38)21-11-14-22(15-12-21)37(41)42)36-27-10-6-3-7-20(27)13-18-29(36)35(30)33(39)24-8-4-5-9-25(24)34(35)40/h3-19,29-31H,1-2H3/t29-,30-,31+/m0/s1. The summed E-state index contributed by atoms with van der Waals surface area (Å²) in [6, 6.07) is 22.9. The summed E-state index contributed by atoms with van der Waals surface area (Å²) < 4.78 is 11.4. The molecule has 3 aliphatic rings. The van der Waals surface area contributed by atoms with Crippen molar-refractivity contribution in [3.63, 3.8) is 0 Å². The average Bonchev–Trinajstić information content (AvgIpc) is 3.50. The Bertz CT molecular complexity index is 1880. The molecule has 0 unspecified atom stereocenters. The molecule has 0 aromatic heterocycles. The van der Waals surface area contributed by atoms with Crippen LogP contribution in [-0.2, 0) is 0 Å². The fourth-order valence-corrected chi connectivity index (χ4v) is 7.26. The SMILES string of the molecule is COc1ccc(OC)c([C@H]2[C@H](C(=O)c3ccc([N+](=O)[O-])cc3)N3c4ccccc4C=C[C@H]3C23C(=O)c2ccccc2C3=O)c1. The fraction of sp³-hybridized carbons (Fsp3) is 0.171. The lowest BCUT2D eigenvalue weighted by Crippen LogP contribution is -2.48. The van der Waals surface area contributed by atoms with Gasteiger partial charge >= 0.3 is 0 Å². The molecule has 4 aromatic rings. The lowest BCUT2D eigenvalue weighted by atomic mass is 9.64. The number of nitro benzene ring substituents is 1. The van der Waals surface area contributed by atoms with E-state index in [-0.39, 0.29) is 22.8 Å². The van der Waals surface area contributed by atoms with Crippen molar-refractivity contribution in [1.29, 1.82) is 0 Å². The number of hydrogen-bond donors (Lipinski definition) is 0. The molecule has 0 bridgehead atoms. The number of Topliss-reactive ketones (excluding diaryl/α,β-unsaturated/α-hetero) is 3. The van der Waals surface area contributed by atoms with E-state index < -0.39 is 34.1 Å². The summed E-state index contributed by atoms with van der Waals surface area (Å²) in [7, 11) is 3.01. The van der Waals surface area contributed by atoms with E-state index in [1.165, 1.54) is 38.5 Å². The number of ketones is 3. The number of fused-ring (bicyclic) bond motifs is 5. The highest BCUT2D eigenvalue weighted by Gasteiger charge is 2.72. The molecule has 44 heavy (non-hydrogen) atoms. The summed E-state index contributed by atoms with van der Waals surface area (Å²) in [6.45, 7) is 0. The first kappa shape index (κ1) is 27.3. The Morgan fingerprint density at radius 1 is 0.864 bits per heavy atom. The molecular formula is C35H26N2O7. The molecule has 0 amide bonds. The van der Waals surface area contributed by atoms with Gasteiger partial charge in [-0.3, -0.25) is 24.5 Å². The van der Waals surface area contributed by atoms with Crippen LogP contribution in [-0.4, -0.2) is 48.6 Å². The quantitative estimate of drug-likeness (QED) is 0.118. The van der Waals surface area contributed by atoms with E-state index in [2.05, 4.69) is 0 Å². The molecule has 0 N–H and O–H groups in total. The molecule has 1 aliphatic carbocycles. The van der Waals surface area contributed by atoms with Gasteiger partial charge in [0.05, 0.1) is 25.2 Å². The number of para-hydroxylation sites is 1. The van der Waals surface area contributed by atoms with Crippen LogP contribution in [0.5, 0.6) is 11.5 Å². The topological polar surface area (TPSA) is 116 Å². The molecule has 7 rings (SSSR count). The zero-order valence-electron chi connectivity index (χ0n) is 23.8. The number of rotatable bonds is 6. The molecule has 1 saturated heterocycles. The van der Waals surface area contributed by atoms with E-state index in [9.17, 15) is 24.5 Å². The summed E-state index contributed by atoms with van der Waals surface area (Å²) in [4.78, 5) is 57.2. The highest BCUT2D eigenvalue weighted by Crippen LogP contribution is 2.62. The van der Waals surface area contributed by atoms with Gasteiger partial charge in [0.25, 0.3) is 5.69 Å². The van der Waals surface area contributed by atoms with Crippen LogP contribution in [0.2, 0.25) is 0 Å². The average molecular weight is 587 g/mol. The van der Waals surface area contributed by atoms with Crippen molar-refractivity contribution in [3.8, 4) is 11.5 Å². The Hall–Kier alpha value is -5.57. The van der Waals surface area contributed by atoms with E-state index in [4.69, 9.17) is 9.47 Å². The molecule has 9 heteroatoms. The van der Waals surface area contributed by atoms with Gasteiger partial charge in [-0.2, -0.15) is 0 Å². The number of benzene rings is 4. The minimum atomic E-state index is -1.73. The Labute approximate surface area is 252 Å². The van der Waals surface area contributed by atoms with Crippen LogP contribution >= 0.6 is 0 Å². The van der Waals surface area contributed by atoms with Crippen molar-refractivity contribution in [2.24, 2.45) is 5.41 Å². The van der Waals surface area contributed by atoms with Gasteiger partial charge in [0.2, 0.25) is 0 Å². The van der Waals surface area contributed by atoms with Crippen LogP contribution < -0.4 is 14.4 Å². The van der Waals surface area contributed by atoms with Crippen molar-refractivity contribution in [2.75, 3.05) is 19.1 Å². The minimum Gasteiger partial charge on any atom is -0.497 e. The van der Waals surface area contributed by atoms with Crippen LogP contribution in [0, 0.1) is 15.5 Å². The molecular weight excluding hydrogens is 560 g/mol. The van der Waals surface area contributed by atoms with Gasteiger partial charge in [0.15, 0.2) is 17.3 Å². The zero-order chi connectivity index (χ0) is 30.7. The molecule has 3 atom stereocenters. The molecule has 2 aliphatic heterocycles.